The van der Waals surface area contributed by atoms with Crippen molar-refractivity contribution in [3.63, 3.8) is 0 Å². The number of nitrogens with zero attached hydrogens (tertiary/aromatic N) is 9. The van der Waals surface area contributed by atoms with E-state index in [0.29, 0.717) is 55.6 Å². The molecule has 12 nitrogen and oxygen atoms in total. The summed E-state index contributed by atoms with van der Waals surface area (Å²) < 4.78 is 139. The number of rotatable bonds is 7. The molecule has 0 aliphatic heterocycles. The van der Waals surface area contributed by atoms with E-state index in [9.17, 15) is 47.9 Å². The first-order chi connectivity index (χ1) is 24.7. The zero-order valence-corrected chi connectivity index (χ0v) is 28.3. The molecule has 3 fully saturated rings. The molecule has 0 saturated heterocycles. The van der Waals surface area contributed by atoms with Crippen molar-refractivity contribution >= 4 is 10.1 Å². The third-order valence-electron chi connectivity index (χ3n) is 8.64. The molecule has 0 atom stereocenters. The van der Waals surface area contributed by atoms with E-state index >= 15 is 0 Å². The molecule has 0 unspecified atom stereocenters. The van der Waals surface area contributed by atoms with E-state index < -0.39 is 51.4 Å². The summed E-state index contributed by atoms with van der Waals surface area (Å²) in [6.07, 6.45) is -6.15. The van der Waals surface area contributed by atoms with Gasteiger partial charge in [0.15, 0.2) is 0 Å². The quantitative estimate of drug-likeness (QED) is 0.0757. The molecule has 0 N–H and O–H groups in total. The molecule has 0 aromatic carbocycles. The second kappa shape index (κ2) is 16.6. The number of aromatic nitrogens is 3. The number of hydrogen-bond acceptors (Lipinski definition) is 8. The van der Waals surface area contributed by atoms with Crippen LogP contribution < -0.4 is 0 Å². The lowest BCUT2D eigenvalue weighted by atomic mass is 9.78. The average molecular weight is 780 g/mol. The molecule has 3 saturated carbocycles. The molecular formula is C31H30F9N9O3S. The highest BCUT2D eigenvalue weighted by atomic mass is 32.2. The summed E-state index contributed by atoms with van der Waals surface area (Å²) in [5, 5.41) is 7.01. The van der Waals surface area contributed by atoms with Crippen molar-refractivity contribution < 1.29 is 52.1 Å². The van der Waals surface area contributed by atoms with Gasteiger partial charge < -0.3 is 0 Å². The maximum atomic E-state index is 12.5. The van der Waals surface area contributed by atoms with Gasteiger partial charge in [0, 0.05) is 75.3 Å². The summed E-state index contributed by atoms with van der Waals surface area (Å²) in [5.74, 6) is -0.255. The monoisotopic (exact) mass is 779 g/mol. The van der Waals surface area contributed by atoms with E-state index in [1.54, 1.807) is 0 Å². The fourth-order valence-electron chi connectivity index (χ4n) is 5.67. The van der Waals surface area contributed by atoms with Gasteiger partial charge in [0.25, 0.3) is 10.1 Å². The maximum absolute atomic E-state index is 12.5. The first-order valence-electron chi connectivity index (χ1n) is 15.7. The fraction of sp³-hybridized carbons (Fsp3) is 0.516. The molecular weight excluding hydrogens is 749 g/mol. The minimum Gasteiger partial charge on any atom is -0.267 e. The zero-order valence-electron chi connectivity index (χ0n) is 27.5. The number of pyridine rings is 3. The van der Waals surface area contributed by atoms with Gasteiger partial charge in [-0.05, 0) is 86.0 Å². The normalized spacial score (nSPS) is 23.8. The summed E-state index contributed by atoms with van der Waals surface area (Å²) in [7, 11) is -3.52. The molecule has 53 heavy (non-hydrogen) atoms. The van der Waals surface area contributed by atoms with Gasteiger partial charge in [0.1, 0.15) is 0 Å². The Balaban J connectivity index is 0.000000178. The smallest absolute Gasteiger partial charge is 0.267 e. The van der Waals surface area contributed by atoms with E-state index in [1.807, 2.05) is 0 Å². The van der Waals surface area contributed by atoms with Crippen LogP contribution in [0.3, 0.4) is 0 Å². The van der Waals surface area contributed by atoms with Gasteiger partial charge in [0.05, 0.1) is 29.1 Å². The van der Waals surface area contributed by atoms with Crippen LogP contribution in [0.2, 0.25) is 0 Å². The Morgan fingerprint density at radius 1 is 0.623 bits per heavy atom. The van der Waals surface area contributed by atoms with Gasteiger partial charge in [-0.1, -0.05) is 10.2 Å². The van der Waals surface area contributed by atoms with Crippen LogP contribution in [-0.4, -0.2) is 47.8 Å². The predicted molar refractivity (Wildman–Crippen MR) is 169 cm³/mol. The SMILES string of the molecule is CS(=O)(=O)OC1CC(c2cc(C(F)(F)F)ccn2)C1.[N-]=[N+]=NC1CC(c2cc(C(F)(F)F)ccn2)C1.[N-]=[N+]=NC1CC(c2cc(C(F)(F)F)ccn2)C1. The first-order valence-corrected chi connectivity index (χ1v) is 17.5. The molecule has 22 heteroatoms. The minimum atomic E-state index is -4.40. The summed E-state index contributed by atoms with van der Waals surface area (Å²) in [4.78, 5) is 17.1. The van der Waals surface area contributed by atoms with E-state index in [1.165, 1.54) is 12.4 Å². The zero-order chi connectivity index (χ0) is 39.2. The lowest BCUT2D eigenvalue weighted by Gasteiger charge is -2.33. The Labute approximate surface area is 296 Å². The maximum Gasteiger partial charge on any atom is 0.416 e. The van der Waals surface area contributed by atoms with Crippen molar-refractivity contribution in [1.82, 2.24) is 15.0 Å². The van der Waals surface area contributed by atoms with Crippen molar-refractivity contribution in [3.05, 3.63) is 110 Å². The van der Waals surface area contributed by atoms with Crippen LogP contribution in [0.1, 0.15) is 90.1 Å². The molecule has 286 valence electrons. The van der Waals surface area contributed by atoms with E-state index in [4.69, 9.17) is 15.2 Å². The number of azide groups is 2. The van der Waals surface area contributed by atoms with Crippen LogP contribution in [-0.2, 0) is 32.8 Å². The number of halogens is 9. The third-order valence-corrected chi connectivity index (χ3v) is 9.26. The highest BCUT2D eigenvalue weighted by Crippen LogP contribution is 2.42. The van der Waals surface area contributed by atoms with E-state index in [2.05, 4.69) is 35.0 Å². The van der Waals surface area contributed by atoms with Gasteiger partial charge in [-0.2, -0.15) is 47.9 Å². The van der Waals surface area contributed by atoms with Crippen LogP contribution in [0.5, 0.6) is 0 Å². The first kappa shape index (κ1) is 41.1. The Bertz CT molecular complexity index is 1840. The molecule has 3 aliphatic rings. The van der Waals surface area contributed by atoms with Crippen LogP contribution >= 0.6 is 0 Å². The Morgan fingerprint density at radius 2 is 0.925 bits per heavy atom. The number of hydrogen-bond donors (Lipinski definition) is 0. The lowest BCUT2D eigenvalue weighted by molar-refractivity contribution is -0.138. The largest absolute Gasteiger partial charge is 0.416 e. The third kappa shape index (κ3) is 11.9. The van der Waals surface area contributed by atoms with Crippen LogP contribution in [0.15, 0.2) is 65.2 Å². The standard InChI is InChI=1S/C11H12F3NO3S.2C10H9F3N4/c1-19(16,17)18-9-4-7(5-9)10-6-8(2-3-15-10)11(12,13)14;2*11-10(12,13)7-1-2-15-9(5-7)6-3-8(4-6)16-17-14/h2-3,6-7,9H,4-5H2,1H3;2*1-2,5-6,8H,3-4H2. The average Bonchev–Trinajstić information content (AvgIpc) is 3.01. The van der Waals surface area contributed by atoms with Crippen LogP contribution in [0.4, 0.5) is 39.5 Å². The molecule has 3 aromatic rings. The van der Waals surface area contributed by atoms with Crippen molar-refractivity contribution in [1.29, 1.82) is 0 Å². The van der Waals surface area contributed by atoms with Crippen molar-refractivity contribution in [2.75, 3.05) is 6.26 Å². The molecule has 6 rings (SSSR count). The molecule has 3 heterocycles. The highest BCUT2D eigenvalue weighted by molar-refractivity contribution is 7.86. The Hall–Kier alpha value is -4.65. The van der Waals surface area contributed by atoms with Gasteiger partial charge in [0.2, 0.25) is 0 Å². The molecule has 0 bridgehead atoms. The second-order valence-corrected chi connectivity index (χ2v) is 14.1. The van der Waals surface area contributed by atoms with Gasteiger partial charge >= 0.3 is 18.5 Å². The van der Waals surface area contributed by atoms with E-state index in [-0.39, 0.29) is 29.8 Å². The van der Waals surface area contributed by atoms with Crippen molar-refractivity contribution in [2.45, 2.75) is 93.0 Å². The summed E-state index contributed by atoms with van der Waals surface area (Å²) in [6.45, 7) is 0. The topological polar surface area (TPSA) is 180 Å². The van der Waals surface area contributed by atoms with Gasteiger partial charge in [-0.25, -0.2) is 0 Å². The fourth-order valence-corrected chi connectivity index (χ4v) is 6.32. The predicted octanol–water partition coefficient (Wildman–Crippen LogP) is 9.64. The minimum absolute atomic E-state index is 0.0344. The van der Waals surface area contributed by atoms with Crippen molar-refractivity contribution in [3.8, 4) is 0 Å². The number of alkyl halides is 9. The second-order valence-electron chi connectivity index (χ2n) is 12.5. The Kier molecular flexibility index (Phi) is 12.9. The van der Waals surface area contributed by atoms with Crippen molar-refractivity contribution in [2.24, 2.45) is 10.2 Å². The lowest BCUT2D eigenvalue weighted by Crippen LogP contribution is -2.32. The molecule has 3 aromatic heterocycles. The van der Waals surface area contributed by atoms with E-state index in [0.717, 1.165) is 48.9 Å². The summed E-state index contributed by atoms with van der Waals surface area (Å²) >= 11 is 0. The van der Waals surface area contributed by atoms with Gasteiger partial charge in [-0.3, -0.25) is 19.1 Å². The summed E-state index contributed by atoms with van der Waals surface area (Å²) in [6, 6.07) is 5.73. The van der Waals surface area contributed by atoms with Gasteiger partial charge in [-0.15, -0.1) is 0 Å². The van der Waals surface area contributed by atoms with Crippen LogP contribution in [0, 0.1) is 0 Å². The molecule has 3 aliphatic carbocycles. The summed E-state index contributed by atoms with van der Waals surface area (Å²) in [5.41, 5.74) is 15.5. The molecule has 0 radical (unpaired) electrons. The molecule has 0 amide bonds. The highest BCUT2D eigenvalue weighted by Gasteiger charge is 2.38. The Morgan fingerprint density at radius 3 is 1.19 bits per heavy atom. The molecule has 0 spiro atoms. The van der Waals surface area contributed by atoms with Crippen LogP contribution in [0.25, 0.3) is 20.9 Å².